The number of carbonyl (C=O) groups is 1. The lowest BCUT2D eigenvalue weighted by atomic mass is 9.86. The van der Waals surface area contributed by atoms with Crippen molar-refractivity contribution in [3.8, 4) is 0 Å². The summed E-state index contributed by atoms with van der Waals surface area (Å²) in [5, 5.41) is 6.49. The molecule has 0 bridgehead atoms. The molecule has 2 atom stereocenters. The maximum absolute atomic E-state index is 11.7. The molecule has 2 unspecified atom stereocenters. The van der Waals surface area contributed by atoms with Gasteiger partial charge in [0.05, 0.1) is 0 Å². The smallest absolute Gasteiger partial charge is 0.321 e. The Balaban J connectivity index is 1.72. The highest BCUT2D eigenvalue weighted by Gasteiger charge is 2.23. The third kappa shape index (κ3) is 2.74. The molecule has 3 rings (SSSR count). The van der Waals surface area contributed by atoms with E-state index in [-0.39, 0.29) is 6.03 Å². The van der Waals surface area contributed by atoms with Gasteiger partial charge in [0.1, 0.15) is 0 Å². The highest BCUT2D eigenvalue weighted by Crippen LogP contribution is 2.28. The van der Waals surface area contributed by atoms with Gasteiger partial charge in [0, 0.05) is 30.5 Å². The van der Waals surface area contributed by atoms with Crippen LogP contribution in [0.25, 0.3) is 0 Å². The minimum absolute atomic E-state index is 0.00758. The largest absolute Gasteiger partial charge is 0.382 e. The molecule has 0 radical (unpaired) electrons. The molecular formula is C16H23N3O. The topological polar surface area (TPSA) is 44.4 Å². The van der Waals surface area contributed by atoms with Crippen molar-refractivity contribution < 1.29 is 4.79 Å². The van der Waals surface area contributed by atoms with Crippen LogP contribution in [0.3, 0.4) is 0 Å². The number of carbonyl (C=O) groups excluding carboxylic acids is 1. The number of nitrogens with one attached hydrogen (secondary N) is 2. The van der Waals surface area contributed by atoms with Crippen LogP contribution in [0.4, 0.5) is 16.2 Å². The number of rotatable bonds is 3. The van der Waals surface area contributed by atoms with E-state index in [2.05, 4.69) is 29.7 Å². The Morgan fingerprint density at radius 2 is 2.15 bits per heavy atom. The predicted octanol–water partition coefficient (Wildman–Crippen LogP) is 3.21. The van der Waals surface area contributed by atoms with Crippen molar-refractivity contribution in [2.24, 2.45) is 5.92 Å². The Hall–Kier alpha value is -1.71. The van der Waals surface area contributed by atoms with Crippen LogP contribution >= 0.6 is 0 Å². The van der Waals surface area contributed by atoms with E-state index < -0.39 is 0 Å². The maximum Gasteiger partial charge on any atom is 0.321 e. The Morgan fingerprint density at radius 3 is 2.90 bits per heavy atom. The second-order valence-electron chi connectivity index (χ2n) is 5.95. The molecule has 2 fully saturated rings. The Kier molecular flexibility index (Phi) is 3.81. The van der Waals surface area contributed by atoms with Gasteiger partial charge in [0.15, 0.2) is 0 Å². The van der Waals surface area contributed by atoms with Crippen LogP contribution < -0.4 is 15.5 Å². The van der Waals surface area contributed by atoms with Crippen molar-refractivity contribution in [3.63, 3.8) is 0 Å². The highest BCUT2D eigenvalue weighted by molar-refractivity contribution is 5.94. The number of benzene rings is 1. The molecule has 0 spiro atoms. The summed E-state index contributed by atoms with van der Waals surface area (Å²) in [6, 6.07) is 8.78. The minimum atomic E-state index is 0.00758. The molecule has 1 saturated carbocycles. The molecular weight excluding hydrogens is 250 g/mol. The average Bonchev–Trinajstić information content (AvgIpc) is 2.88. The number of urea groups is 1. The molecule has 20 heavy (non-hydrogen) atoms. The van der Waals surface area contributed by atoms with Crippen molar-refractivity contribution >= 4 is 17.4 Å². The lowest BCUT2D eigenvalue weighted by Crippen LogP contribution is -2.30. The first-order valence-corrected chi connectivity index (χ1v) is 7.66. The van der Waals surface area contributed by atoms with E-state index >= 15 is 0 Å². The Morgan fingerprint density at radius 1 is 1.30 bits per heavy atom. The fraction of sp³-hybridized carbons (Fsp3) is 0.562. The second kappa shape index (κ2) is 5.73. The van der Waals surface area contributed by atoms with Crippen molar-refractivity contribution in [1.29, 1.82) is 0 Å². The van der Waals surface area contributed by atoms with E-state index in [4.69, 9.17) is 0 Å². The fourth-order valence-corrected chi connectivity index (χ4v) is 3.23. The highest BCUT2D eigenvalue weighted by atomic mass is 16.2. The van der Waals surface area contributed by atoms with Gasteiger partial charge in [-0.15, -0.1) is 0 Å². The monoisotopic (exact) mass is 273 g/mol. The van der Waals surface area contributed by atoms with Crippen molar-refractivity contribution in [3.05, 3.63) is 24.3 Å². The van der Waals surface area contributed by atoms with Gasteiger partial charge < -0.3 is 10.6 Å². The minimum Gasteiger partial charge on any atom is -0.382 e. The van der Waals surface area contributed by atoms with Crippen LogP contribution in [0.1, 0.15) is 32.6 Å². The van der Waals surface area contributed by atoms with Gasteiger partial charge in [-0.25, -0.2) is 4.79 Å². The van der Waals surface area contributed by atoms with E-state index in [9.17, 15) is 4.79 Å². The number of nitrogens with zero attached hydrogens (tertiary/aromatic N) is 1. The van der Waals surface area contributed by atoms with E-state index in [0.29, 0.717) is 6.04 Å². The van der Waals surface area contributed by atoms with Gasteiger partial charge in [0.2, 0.25) is 0 Å². The summed E-state index contributed by atoms with van der Waals surface area (Å²) in [5.74, 6) is 0.725. The van der Waals surface area contributed by atoms with E-state index in [1.54, 1.807) is 4.90 Å². The van der Waals surface area contributed by atoms with Gasteiger partial charge >= 0.3 is 6.03 Å². The molecule has 1 aromatic carbocycles. The summed E-state index contributed by atoms with van der Waals surface area (Å²) in [7, 11) is 0. The lowest BCUT2D eigenvalue weighted by Gasteiger charge is -2.30. The lowest BCUT2D eigenvalue weighted by molar-refractivity contribution is 0.252. The molecule has 108 valence electrons. The fourth-order valence-electron chi connectivity index (χ4n) is 3.23. The number of anilines is 2. The van der Waals surface area contributed by atoms with Crippen LogP contribution in [0.2, 0.25) is 0 Å². The van der Waals surface area contributed by atoms with Crippen molar-refractivity contribution in [1.82, 2.24) is 5.32 Å². The molecule has 2 aliphatic rings. The molecule has 1 aliphatic carbocycles. The Bertz CT molecular complexity index is 488. The summed E-state index contributed by atoms with van der Waals surface area (Å²) < 4.78 is 0. The van der Waals surface area contributed by atoms with E-state index in [0.717, 1.165) is 30.4 Å². The molecule has 4 nitrogen and oxygen atoms in total. The Labute approximate surface area is 120 Å². The zero-order valence-electron chi connectivity index (χ0n) is 12.1. The molecule has 0 aromatic heterocycles. The van der Waals surface area contributed by atoms with Crippen molar-refractivity contribution in [2.75, 3.05) is 23.3 Å². The first-order chi connectivity index (χ1) is 9.74. The first-order valence-electron chi connectivity index (χ1n) is 7.66. The molecule has 1 heterocycles. The SMILES string of the molecule is CC1CCCCC1Nc1cccc(N2CCNC2=O)c1. The van der Waals surface area contributed by atoms with Crippen LogP contribution in [0, 0.1) is 5.92 Å². The standard InChI is InChI=1S/C16H23N3O/c1-12-5-2-3-8-15(12)18-13-6-4-7-14(11-13)19-10-9-17-16(19)20/h4,6-7,11-12,15,18H,2-3,5,8-10H2,1H3,(H,17,20). The summed E-state index contributed by atoms with van der Waals surface area (Å²) in [4.78, 5) is 13.5. The zero-order valence-corrected chi connectivity index (χ0v) is 12.1. The van der Waals surface area contributed by atoms with Gasteiger partial charge in [-0.1, -0.05) is 25.8 Å². The van der Waals surface area contributed by atoms with Gasteiger partial charge in [-0.2, -0.15) is 0 Å². The summed E-state index contributed by atoms with van der Waals surface area (Å²) >= 11 is 0. The predicted molar refractivity (Wildman–Crippen MR) is 82.2 cm³/mol. The molecule has 1 aliphatic heterocycles. The number of amides is 2. The summed E-state index contributed by atoms with van der Waals surface area (Å²) in [6.07, 6.45) is 5.23. The first kappa shape index (κ1) is 13.3. The number of hydrogen-bond donors (Lipinski definition) is 2. The molecule has 1 saturated heterocycles. The molecule has 2 amide bonds. The second-order valence-corrected chi connectivity index (χ2v) is 5.95. The average molecular weight is 273 g/mol. The summed E-state index contributed by atoms with van der Waals surface area (Å²) in [5.41, 5.74) is 2.11. The maximum atomic E-state index is 11.7. The third-order valence-electron chi connectivity index (χ3n) is 4.48. The van der Waals surface area contributed by atoms with E-state index in [1.807, 2.05) is 12.1 Å². The third-order valence-corrected chi connectivity index (χ3v) is 4.48. The van der Waals surface area contributed by atoms with Crippen LogP contribution in [-0.2, 0) is 0 Å². The quantitative estimate of drug-likeness (QED) is 0.888. The van der Waals surface area contributed by atoms with Crippen LogP contribution in [-0.4, -0.2) is 25.2 Å². The van der Waals surface area contributed by atoms with Gasteiger partial charge in [0.25, 0.3) is 0 Å². The molecule has 1 aromatic rings. The normalized spacial score (nSPS) is 26.4. The molecule has 2 N–H and O–H groups in total. The summed E-state index contributed by atoms with van der Waals surface area (Å²) in [6.45, 7) is 3.81. The zero-order chi connectivity index (χ0) is 13.9. The van der Waals surface area contributed by atoms with Gasteiger partial charge in [-0.3, -0.25) is 4.90 Å². The van der Waals surface area contributed by atoms with Crippen LogP contribution in [0.15, 0.2) is 24.3 Å². The van der Waals surface area contributed by atoms with Crippen molar-refractivity contribution in [2.45, 2.75) is 38.6 Å². The number of hydrogen-bond acceptors (Lipinski definition) is 2. The van der Waals surface area contributed by atoms with Crippen LogP contribution in [0.5, 0.6) is 0 Å². The van der Waals surface area contributed by atoms with E-state index in [1.165, 1.54) is 25.7 Å². The molecule has 4 heteroatoms. The van der Waals surface area contributed by atoms with Gasteiger partial charge in [-0.05, 0) is 37.0 Å².